The van der Waals surface area contributed by atoms with Crippen LogP contribution < -0.4 is 5.32 Å². The zero-order valence-corrected chi connectivity index (χ0v) is 12.3. The van der Waals surface area contributed by atoms with Crippen LogP contribution in [0.2, 0.25) is 0 Å². The monoisotopic (exact) mass is 282 g/mol. The number of nitrogens with zero attached hydrogens (tertiary/aromatic N) is 1. The van der Waals surface area contributed by atoms with Gasteiger partial charge in [0.2, 0.25) is 5.91 Å². The highest BCUT2D eigenvalue weighted by molar-refractivity contribution is 5.84. The maximum atomic E-state index is 12.9. The molecule has 0 unspecified atom stereocenters. The summed E-state index contributed by atoms with van der Waals surface area (Å²) in [5.74, 6) is 3.77. The number of likely N-dealkylation sites (tertiary alicyclic amines) is 1. The molecule has 2 aliphatic heterocycles. The van der Waals surface area contributed by atoms with Gasteiger partial charge in [0.05, 0.1) is 0 Å². The van der Waals surface area contributed by atoms with Crippen molar-refractivity contribution >= 4 is 5.91 Å². The number of benzene rings is 1. The van der Waals surface area contributed by atoms with Gasteiger partial charge in [0.25, 0.3) is 0 Å². The van der Waals surface area contributed by atoms with Crippen LogP contribution in [0.4, 0.5) is 0 Å². The van der Waals surface area contributed by atoms with Crippen LogP contribution in [-0.2, 0) is 11.3 Å². The highest BCUT2D eigenvalue weighted by Crippen LogP contribution is 2.55. The molecule has 2 heterocycles. The van der Waals surface area contributed by atoms with E-state index in [1.807, 2.05) is 6.07 Å². The van der Waals surface area contributed by atoms with Crippen LogP contribution in [0, 0.1) is 23.7 Å². The summed E-state index contributed by atoms with van der Waals surface area (Å²) in [7, 11) is 0. The molecule has 0 aromatic heterocycles. The number of nitrogens with one attached hydrogen (secondary N) is 1. The molecule has 1 saturated heterocycles. The van der Waals surface area contributed by atoms with Crippen molar-refractivity contribution in [2.24, 2.45) is 23.7 Å². The first-order valence-electron chi connectivity index (χ1n) is 8.41. The molecule has 2 bridgehead atoms. The van der Waals surface area contributed by atoms with E-state index < -0.39 is 0 Å². The number of hydrogen-bond acceptors (Lipinski definition) is 2. The van der Waals surface area contributed by atoms with Crippen molar-refractivity contribution in [1.82, 2.24) is 10.2 Å². The van der Waals surface area contributed by atoms with E-state index in [-0.39, 0.29) is 6.04 Å². The Morgan fingerprint density at radius 2 is 1.81 bits per heavy atom. The maximum Gasteiger partial charge on any atom is 0.244 e. The van der Waals surface area contributed by atoms with Gasteiger partial charge in [0.15, 0.2) is 0 Å². The first-order valence-corrected chi connectivity index (χ1v) is 8.41. The van der Waals surface area contributed by atoms with E-state index >= 15 is 0 Å². The number of amides is 1. The highest BCUT2D eigenvalue weighted by Gasteiger charge is 2.52. The molecule has 1 N–H and O–H groups in total. The Labute approximate surface area is 125 Å². The van der Waals surface area contributed by atoms with Crippen molar-refractivity contribution in [3.05, 3.63) is 35.4 Å². The van der Waals surface area contributed by atoms with E-state index in [9.17, 15) is 4.79 Å². The molecular formula is C18H22N2O. The fourth-order valence-corrected chi connectivity index (χ4v) is 5.56. The van der Waals surface area contributed by atoms with Crippen molar-refractivity contribution in [2.75, 3.05) is 13.1 Å². The highest BCUT2D eigenvalue weighted by atomic mass is 16.2. The topological polar surface area (TPSA) is 32.3 Å². The molecule has 1 aromatic rings. The number of rotatable bonds is 1. The molecule has 5 rings (SSSR count). The minimum absolute atomic E-state index is 0.0994. The van der Waals surface area contributed by atoms with Crippen molar-refractivity contribution in [3.8, 4) is 0 Å². The first-order chi connectivity index (χ1) is 10.3. The Morgan fingerprint density at radius 1 is 1.10 bits per heavy atom. The Kier molecular flexibility index (Phi) is 2.52. The van der Waals surface area contributed by atoms with Gasteiger partial charge in [-0.2, -0.15) is 0 Å². The molecule has 2 saturated carbocycles. The molecule has 5 atom stereocenters. The molecule has 1 amide bonds. The molecule has 0 spiro atoms. The van der Waals surface area contributed by atoms with E-state index in [2.05, 4.69) is 28.4 Å². The average Bonchev–Trinajstić information content (AvgIpc) is 3.25. The van der Waals surface area contributed by atoms with E-state index in [4.69, 9.17) is 0 Å². The number of carbonyl (C=O) groups excluding carboxylic acids is 1. The van der Waals surface area contributed by atoms with Gasteiger partial charge in [-0.15, -0.1) is 0 Å². The maximum absolute atomic E-state index is 12.9. The Bertz CT molecular complexity index is 581. The average molecular weight is 282 g/mol. The van der Waals surface area contributed by atoms with Crippen LogP contribution >= 0.6 is 0 Å². The Balaban J connectivity index is 1.37. The molecule has 110 valence electrons. The summed E-state index contributed by atoms with van der Waals surface area (Å²) in [6.07, 6.45) is 4.28. The molecule has 2 aliphatic carbocycles. The summed E-state index contributed by atoms with van der Waals surface area (Å²) < 4.78 is 0. The van der Waals surface area contributed by atoms with Gasteiger partial charge >= 0.3 is 0 Å². The SMILES string of the molecule is O=C([C@H]1NCc2ccccc21)N1C[C@@H]2[C@@H]3CC[C@@H](C3)[C@@H]2C1. The third-order valence-corrected chi connectivity index (χ3v) is 6.56. The van der Waals surface area contributed by atoms with Gasteiger partial charge in [0, 0.05) is 19.6 Å². The lowest BCUT2D eigenvalue weighted by Crippen LogP contribution is -2.38. The number of fused-ring (bicyclic) bond motifs is 6. The van der Waals surface area contributed by atoms with Gasteiger partial charge in [-0.1, -0.05) is 24.3 Å². The summed E-state index contributed by atoms with van der Waals surface area (Å²) in [5, 5.41) is 3.41. The van der Waals surface area contributed by atoms with Crippen LogP contribution in [0.15, 0.2) is 24.3 Å². The molecule has 1 aromatic carbocycles. The second-order valence-electron chi connectivity index (χ2n) is 7.42. The predicted octanol–water partition coefficient (Wildman–Crippen LogP) is 2.34. The number of hydrogen-bond donors (Lipinski definition) is 1. The van der Waals surface area contributed by atoms with Gasteiger partial charge in [-0.25, -0.2) is 0 Å². The lowest BCUT2D eigenvalue weighted by molar-refractivity contribution is -0.132. The summed E-state index contributed by atoms with van der Waals surface area (Å²) in [6.45, 7) is 2.87. The van der Waals surface area contributed by atoms with Gasteiger partial charge < -0.3 is 4.90 Å². The molecule has 3 fully saturated rings. The second-order valence-corrected chi connectivity index (χ2v) is 7.42. The second kappa shape index (κ2) is 4.33. The van der Waals surface area contributed by atoms with Crippen LogP contribution in [0.5, 0.6) is 0 Å². The first kappa shape index (κ1) is 12.2. The van der Waals surface area contributed by atoms with Crippen LogP contribution in [0.25, 0.3) is 0 Å². The van der Waals surface area contributed by atoms with E-state index in [0.717, 1.165) is 43.3 Å². The third kappa shape index (κ3) is 1.67. The van der Waals surface area contributed by atoms with Crippen molar-refractivity contribution in [1.29, 1.82) is 0 Å². The Morgan fingerprint density at radius 3 is 2.57 bits per heavy atom. The fourth-order valence-electron chi connectivity index (χ4n) is 5.56. The smallest absolute Gasteiger partial charge is 0.244 e. The standard InChI is InChI=1S/C18H22N2O/c21-18(17-14-4-2-1-3-13(14)8-19-17)20-9-15-11-5-6-12(7-11)16(15)10-20/h1-4,11-12,15-17,19H,5-10H2/t11-,12+,15-,16+,17-/m0/s1. The van der Waals surface area contributed by atoms with Crippen molar-refractivity contribution < 1.29 is 4.79 Å². The Hall–Kier alpha value is -1.35. The largest absolute Gasteiger partial charge is 0.340 e. The zero-order valence-electron chi connectivity index (χ0n) is 12.3. The van der Waals surface area contributed by atoms with Crippen LogP contribution in [0.1, 0.15) is 36.4 Å². The minimum atomic E-state index is -0.0994. The van der Waals surface area contributed by atoms with Crippen molar-refractivity contribution in [3.63, 3.8) is 0 Å². The number of carbonyl (C=O) groups is 1. The van der Waals surface area contributed by atoms with Gasteiger partial charge in [0.1, 0.15) is 6.04 Å². The fraction of sp³-hybridized carbons (Fsp3) is 0.611. The van der Waals surface area contributed by atoms with E-state index in [1.165, 1.54) is 30.4 Å². The molecule has 3 nitrogen and oxygen atoms in total. The summed E-state index contributed by atoms with van der Waals surface area (Å²) in [4.78, 5) is 15.1. The zero-order chi connectivity index (χ0) is 14.0. The van der Waals surface area contributed by atoms with Crippen molar-refractivity contribution in [2.45, 2.75) is 31.8 Å². The molecular weight excluding hydrogens is 260 g/mol. The molecule has 4 aliphatic rings. The minimum Gasteiger partial charge on any atom is -0.340 e. The summed E-state index contributed by atoms with van der Waals surface area (Å²) >= 11 is 0. The summed E-state index contributed by atoms with van der Waals surface area (Å²) in [5.41, 5.74) is 2.48. The van der Waals surface area contributed by atoms with E-state index in [0.29, 0.717) is 5.91 Å². The molecule has 0 radical (unpaired) electrons. The normalized spacial score (nSPS) is 39.6. The molecule has 21 heavy (non-hydrogen) atoms. The van der Waals surface area contributed by atoms with Crippen LogP contribution in [-0.4, -0.2) is 23.9 Å². The van der Waals surface area contributed by atoms with Crippen LogP contribution in [0.3, 0.4) is 0 Å². The third-order valence-electron chi connectivity index (χ3n) is 6.56. The predicted molar refractivity (Wildman–Crippen MR) is 80.4 cm³/mol. The summed E-state index contributed by atoms with van der Waals surface area (Å²) in [6, 6.07) is 8.25. The lowest BCUT2D eigenvalue weighted by Gasteiger charge is -2.23. The molecule has 3 heteroatoms. The van der Waals surface area contributed by atoms with Gasteiger partial charge in [-0.05, 0) is 54.1 Å². The lowest BCUT2D eigenvalue weighted by atomic mass is 9.82. The van der Waals surface area contributed by atoms with E-state index in [1.54, 1.807) is 0 Å². The quantitative estimate of drug-likeness (QED) is 0.857. The van der Waals surface area contributed by atoms with Gasteiger partial charge in [-0.3, -0.25) is 10.1 Å².